The second-order valence-corrected chi connectivity index (χ2v) is 5.63. The average molecular weight is 212 g/mol. The van der Waals surface area contributed by atoms with Crippen LogP contribution < -0.4 is 4.72 Å². The van der Waals surface area contributed by atoms with Crippen LogP contribution in [0.25, 0.3) is 0 Å². The highest BCUT2D eigenvalue weighted by Gasteiger charge is 2.32. The topological polar surface area (TPSA) is 46.2 Å². The molecular weight excluding hydrogens is 198 g/mol. The number of rotatable bonds is 5. The van der Waals surface area contributed by atoms with Gasteiger partial charge in [0.05, 0.1) is 5.75 Å². The zero-order valence-electron chi connectivity index (χ0n) is 7.09. The Bertz CT molecular complexity index is 240. The Kier molecular flexibility index (Phi) is 3.37. The lowest BCUT2D eigenvalue weighted by Crippen LogP contribution is -2.29. The SMILES string of the molecule is CC1CC1CNS(=O)(=O)CCCl. The Balaban J connectivity index is 2.21. The monoisotopic (exact) mass is 211 g/mol. The smallest absolute Gasteiger partial charge is 0.212 e. The highest BCUT2D eigenvalue weighted by atomic mass is 35.5. The molecule has 0 spiro atoms. The molecular formula is C7H14ClNO2S. The third-order valence-corrected chi connectivity index (χ3v) is 3.95. The van der Waals surface area contributed by atoms with E-state index in [0.29, 0.717) is 18.4 Å². The molecule has 1 N–H and O–H groups in total. The number of alkyl halides is 1. The highest BCUT2D eigenvalue weighted by molar-refractivity contribution is 7.89. The Hall–Kier alpha value is 0.200. The molecule has 72 valence electrons. The number of halogens is 1. The fourth-order valence-electron chi connectivity index (χ4n) is 1.09. The number of hydrogen-bond donors (Lipinski definition) is 1. The molecule has 0 aliphatic heterocycles. The molecule has 3 nitrogen and oxygen atoms in total. The van der Waals surface area contributed by atoms with Crippen molar-refractivity contribution in [3.05, 3.63) is 0 Å². The summed E-state index contributed by atoms with van der Waals surface area (Å²) < 4.78 is 24.7. The van der Waals surface area contributed by atoms with E-state index in [4.69, 9.17) is 11.6 Å². The molecule has 0 aromatic heterocycles. The van der Waals surface area contributed by atoms with Crippen molar-refractivity contribution in [1.82, 2.24) is 4.72 Å². The molecule has 0 saturated heterocycles. The maximum atomic E-state index is 11.1. The molecule has 2 atom stereocenters. The summed E-state index contributed by atoms with van der Waals surface area (Å²) in [6.45, 7) is 2.71. The van der Waals surface area contributed by atoms with Crippen molar-refractivity contribution in [2.75, 3.05) is 18.2 Å². The second kappa shape index (κ2) is 3.94. The minimum absolute atomic E-state index is 0.0235. The fourth-order valence-corrected chi connectivity index (χ4v) is 2.52. The van der Waals surface area contributed by atoms with Crippen LogP contribution in [0.4, 0.5) is 0 Å². The van der Waals surface area contributed by atoms with E-state index >= 15 is 0 Å². The summed E-state index contributed by atoms with van der Waals surface area (Å²) in [6.07, 6.45) is 1.14. The minimum Gasteiger partial charge on any atom is -0.215 e. The largest absolute Gasteiger partial charge is 0.215 e. The fraction of sp³-hybridized carbons (Fsp3) is 1.00. The van der Waals surface area contributed by atoms with Crippen LogP contribution in [-0.2, 0) is 10.0 Å². The van der Waals surface area contributed by atoms with Gasteiger partial charge in [0.1, 0.15) is 0 Å². The number of nitrogens with one attached hydrogen (secondary N) is 1. The summed E-state index contributed by atoms with van der Waals surface area (Å²) >= 11 is 5.33. The summed E-state index contributed by atoms with van der Waals surface area (Å²) in [7, 11) is -3.09. The van der Waals surface area contributed by atoms with Crippen LogP contribution in [0.5, 0.6) is 0 Å². The zero-order valence-corrected chi connectivity index (χ0v) is 8.66. The predicted molar refractivity (Wildman–Crippen MR) is 49.8 cm³/mol. The van der Waals surface area contributed by atoms with Gasteiger partial charge in [0.25, 0.3) is 0 Å². The van der Waals surface area contributed by atoms with Crippen LogP contribution in [0.1, 0.15) is 13.3 Å². The van der Waals surface area contributed by atoms with E-state index in [2.05, 4.69) is 11.6 Å². The van der Waals surface area contributed by atoms with Crippen LogP contribution in [0, 0.1) is 11.8 Å². The van der Waals surface area contributed by atoms with E-state index in [1.54, 1.807) is 0 Å². The Labute approximate surface area is 78.5 Å². The number of hydrogen-bond acceptors (Lipinski definition) is 2. The third kappa shape index (κ3) is 3.29. The molecule has 0 aromatic carbocycles. The molecule has 1 saturated carbocycles. The van der Waals surface area contributed by atoms with Crippen molar-refractivity contribution < 1.29 is 8.42 Å². The molecule has 0 heterocycles. The van der Waals surface area contributed by atoms with Gasteiger partial charge in [-0.3, -0.25) is 0 Å². The van der Waals surface area contributed by atoms with Gasteiger partial charge < -0.3 is 0 Å². The van der Waals surface area contributed by atoms with Crippen molar-refractivity contribution in [2.24, 2.45) is 11.8 Å². The van der Waals surface area contributed by atoms with E-state index in [1.165, 1.54) is 0 Å². The van der Waals surface area contributed by atoms with Gasteiger partial charge >= 0.3 is 0 Å². The lowest BCUT2D eigenvalue weighted by molar-refractivity contribution is 0.576. The first-order valence-electron chi connectivity index (χ1n) is 4.08. The molecule has 0 radical (unpaired) electrons. The predicted octanol–water partition coefficient (Wildman–Crippen LogP) is 0.801. The summed E-state index contributed by atoms with van der Waals surface area (Å²) in [4.78, 5) is 0. The van der Waals surface area contributed by atoms with E-state index < -0.39 is 10.0 Å². The van der Waals surface area contributed by atoms with Crippen LogP contribution in [-0.4, -0.2) is 26.6 Å². The van der Waals surface area contributed by atoms with Gasteiger partial charge in [0, 0.05) is 12.4 Å². The third-order valence-electron chi connectivity index (χ3n) is 2.19. The van der Waals surface area contributed by atoms with Crippen LogP contribution in [0.2, 0.25) is 0 Å². The summed E-state index contributed by atoms with van der Waals surface area (Å²) in [5.41, 5.74) is 0. The molecule has 5 heteroatoms. The van der Waals surface area contributed by atoms with Crippen molar-refractivity contribution >= 4 is 21.6 Å². The van der Waals surface area contributed by atoms with Crippen LogP contribution in [0.3, 0.4) is 0 Å². The van der Waals surface area contributed by atoms with Crippen molar-refractivity contribution in [2.45, 2.75) is 13.3 Å². The van der Waals surface area contributed by atoms with Gasteiger partial charge in [-0.1, -0.05) is 6.92 Å². The summed E-state index contributed by atoms with van der Waals surface area (Å²) in [5, 5.41) is 0. The van der Waals surface area contributed by atoms with Gasteiger partial charge in [0.2, 0.25) is 10.0 Å². The maximum absolute atomic E-state index is 11.1. The first kappa shape index (κ1) is 10.3. The normalized spacial score (nSPS) is 28.8. The summed E-state index contributed by atoms with van der Waals surface area (Å²) in [5.74, 6) is 1.42. The molecule has 1 aliphatic rings. The first-order valence-corrected chi connectivity index (χ1v) is 6.27. The maximum Gasteiger partial charge on any atom is 0.212 e. The van der Waals surface area contributed by atoms with E-state index in [0.717, 1.165) is 6.42 Å². The molecule has 1 fully saturated rings. The second-order valence-electron chi connectivity index (χ2n) is 3.33. The molecule has 0 aromatic rings. The number of sulfonamides is 1. The van der Waals surface area contributed by atoms with Crippen LogP contribution >= 0.6 is 11.6 Å². The summed E-state index contributed by atoms with van der Waals surface area (Å²) in [6, 6.07) is 0. The zero-order chi connectivity index (χ0) is 9.19. The molecule has 2 unspecified atom stereocenters. The Morgan fingerprint density at radius 2 is 2.17 bits per heavy atom. The lowest BCUT2D eigenvalue weighted by atomic mass is 10.3. The molecule has 1 rings (SSSR count). The van der Waals surface area contributed by atoms with Crippen LogP contribution in [0.15, 0.2) is 0 Å². The van der Waals surface area contributed by atoms with Crippen molar-refractivity contribution in [3.8, 4) is 0 Å². The van der Waals surface area contributed by atoms with Gasteiger partial charge in [0.15, 0.2) is 0 Å². The first-order chi connectivity index (χ1) is 5.55. The highest BCUT2D eigenvalue weighted by Crippen LogP contribution is 2.36. The molecule has 12 heavy (non-hydrogen) atoms. The van der Waals surface area contributed by atoms with E-state index in [9.17, 15) is 8.42 Å². The average Bonchev–Trinajstić information content (AvgIpc) is 2.63. The molecule has 1 aliphatic carbocycles. The van der Waals surface area contributed by atoms with Gasteiger partial charge in [-0.2, -0.15) is 0 Å². The van der Waals surface area contributed by atoms with Crippen molar-refractivity contribution in [3.63, 3.8) is 0 Å². The van der Waals surface area contributed by atoms with Gasteiger partial charge in [-0.15, -0.1) is 11.6 Å². The quantitative estimate of drug-likeness (QED) is 0.684. The standard InChI is InChI=1S/C7H14ClNO2S/c1-6-4-7(6)5-9-12(10,11)3-2-8/h6-7,9H,2-5H2,1H3. The van der Waals surface area contributed by atoms with Gasteiger partial charge in [-0.05, 0) is 18.3 Å². The lowest BCUT2D eigenvalue weighted by Gasteiger charge is -2.02. The molecule has 0 bridgehead atoms. The van der Waals surface area contributed by atoms with E-state index in [-0.39, 0.29) is 11.6 Å². The Morgan fingerprint density at radius 3 is 2.58 bits per heavy atom. The minimum atomic E-state index is -3.09. The Morgan fingerprint density at radius 1 is 1.58 bits per heavy atom. The van der Waals surface area contributed by atoms with E-state index in [1.807, 2.05) is 0 Å². The van der Waals surface area contributed by atoms with Crippen molar-refractivity contribution in [1.29, 1.82) is 0 Å². The van der Waals surface area contributed by atoms with Gasteiger partial charge in [-0.25, -0.2) is 13.1 Å². The molecule has 0 amide bonds.